The van der Waals surface area contributed by atoms with E-state index in [-0.39, 0.29) is 11.3 Å². The van der Waals surface area contributed by atoms with E-state index in [1.165, 1.54) is 12.0 Å². The minimum absolute atomic E-state index is 0.0162. The van der Waals surface area contributed by atoms with Crippen molar-refractivity contribution >= 4 is 39.1 Å². The molecule has 1 fully saturated rings. The molecule has 150 valence electrons. The molecule has 1 aromatic heterocycles. The molecule has 0 aliphatic carbocycles. The summed E-state index contributed by atoms with van der Waals surface area (Å²) in [4.78, 5) is 31.7. The summed E-state index contributed by atoms with van der Waals surface area (Å²) in [6.45, 7) is 0. The maximum Gasteiger partial charge on any atom is 0.300 e. The van der Waals surface area contributed by atoms with Gasteiger partial charge in [-0.3, -0.25) is 19.5 Å². The van der Waals surface area contributed by atoms with E-state index in [0.29, 0.717) is 22.6 Å². The number of aliphatic hydroxyl groups excluding tert-OH is 1. The number of hydrogen-bond donors (Lipinski definition) is 1. The lowest BCUT2D eigenvalue weighted by Gasteiger charge is -2.25. The molecule has 30 heavy (non-hydrogen) atoms. The second-order valence-corrected chi connectivity index (χ2v) is 7.55. The number of aromatic nitrogens is 1. The van der Waals surface area contributed by atoms with Crippen molar-refractivity contribution in [1.82, 2.24) is 4.98 Å². The molecular weight excluding hydrogens is 448 g/mol. The van der Waals surface area contributed by atoms with Crippen LogP contribution in [0.3, 0.4) is 0 Å². The van der Waals surface area contributed by atoms with Gasteiger partial charge in [0.25, 0.3) is 11.7 Å². The highest BCUT2D eigenvalue weighted by atomic mass is 79.9. The van der Waals surface area contributed by atoms with E-state index in [4.69, 9.17) is 4.74 Å². The molecule has 1 atom stereocenters. The van der Waals surface area contributed by atoms with Crippen molar-refractivity contribution in [3.8, 4) is 5.75 Å². The van der Waals surface area contributed by atoms with Gasteiger partial charge in [-0.1, -0.05) is 40.2 Å². The van der Waals surface area contributed by atoms with Crippen molar-refractivity contribution in [3.05, 3.63) is 94.2 Å². The number of amides is 1. The van der Waals surface area contributed by atoms with Gasteiger partial charge in [0.2, 0.25) is 0 Å². The Morgan fingerprint density at radius 2 is 1.90 bits per heavy atom. The summed E-state index contributed by atoms with van der Waals surface area (Å²) in [6.07, 6.45) is 3.19. The number of anilines is 1. The van der Waals surface area contributed by atoms with Crippen LogP contribution < -0.4 is 9.64 Å². The number of halogens is 1. The molecule has 1 amide bonds. The topological polar surface area (TPSA) is 79.7 Å². The number of carbonyl (C=O) groups excluding carboxylic acids is 2. The Morgan fingerprint density at radius 3 is 2.60 bits per heavy atom. The monoisotopic (exact) mass is 464 g/mol. The number of methoxy groups -OCH3 is 1. The van der Waals surface area contributed by atoms with Gasteiger partial charge in [0.1, 0.15) is 11.5 Å². The third-order valence-electron chi connectivity index (χ3n) is 4.89. The van der Waals surface area contributed by atoms with Crippen molar-refractivity contribution in [2.45, 2.75) is 6.04 Å². The van der Waals surface area contributed by atoms with Crippen LogP contribution >= 0.6 is 15.9 Å². The predicted octanol–water partition coefficient (Wildman–Crippen LogP) is 4.48. The molecule has 0 bridgehead atoms. The van der Waals surface area contributed by atoms with E-state index in [1.54, 1.807) is 67.0 Å². The van der Waals surface area contributed by atoms with Gasteiger partial charge in [-0.2, -0.15) is 0 Å². The van der Waals surface area contributed by atoms with Gasteiger partial charge in [0, 0.05) is 22.6 Å². The Bertz CT molecular complexity index is 1160. The Balaban J connectivity index is 1.97. The van der Waals surface area contributed by atoms with Crippen LogP contribution in [-0.4, -0.2) is 28.9 Å². The third-order valence-corrected chi connectivity index (χ3v) is 5.39. The van der Waals surface area contributed by atoms with Gasteiger partial charge < -0.3 is 9.84 Å². The largest absolute Gasteiger partial charge is 0.507 e. The van der Waals surface area contributed by atoms with E-state index >= 15 is 0 Å². The van der Waals surface area contributed by atoms with Crippen LogP contribution in [0.5, 0.6) is 5.75 Å². The first-order valence-electron chi connectivity index (χ1n) is 9.13. The Kier molecular flexibility index (Phi) is 5.37. The van der Waals surface area contributed by atoms with E-state index < -0.39 is 17.7 Å². The lowest BCUT2D eigenvalue weighted by atomic mass is 9.96. The molecule has 1 saturated heterocycles. The molecule has 1 aliphatic heterocycles. The van der Waals surface area contributed by atoms with Crippen molar-refractivity contribution < 1.29 is 19.4 Å². The van der Waals surface area contributed by atoms with Crippen LogP contribution in [0.4, 0.5) is 5.69 Å². The molecule has 0 saturated carbocycles. The molecule has 3 aromatic rings. The number of ether oxygens (including phenoxy) is 1. The molecule has 1 unspecified atom stereocenters. The smallest absolute Gasteiger partial charge is 0.300 e. The van der Waals surface area contributed by atoms with Gasteiger partial charge in [-0.25, -0.2) is 0 Å². The highest BCUT2D eigenvalue weighted by Gasteiger charge is 2.47. The van der Waals surface area contributed by atoms with Crippen molar-refractivity contribution in [1.29, 1.82) is 0 Å². The lowest BCUT2D eigenvalue weighted by molar-refractivity contribution is -0.132. The molecule has 6 nitrogen and oxygen atoms in total. The summed E-state index contributed by atoms with van der Waals surface area (Å²) in [7, 11) is 1.48. The summed E-state index contributed by atoms with van der Waals surface area (Å²) in [5, 5.41) is 11.1. The summed E-state index contributed by atoms with van der Waals surface area (Å²) < 4.78 is 6.09. The number of benzene rings is 2. The first-order chi connectivity index (χ1) is 14.5. The van der Waals surface area contributed by atoms with Gasteiger partial charge in [-0.15, -0.1) is 0 Å². The second kappa shape index (κ2) is 8.12. The highest BCUT2D eigenvalue weighted by Crippen LogP contribution is 2.43. The first-order valence-corrected chi connectivity index (χ1v) is 9.92. The second-order valence-electron chi connectivity index (χ2n) is 6.64. The maximum absolute atomic E-state index is 13.1. The summed E-state index contributed by atoms with van der Waals surface area (Å²) in [6, 6.07) is 16.5. The number of aliphatic hydroxyl groups is 1. The fraction of sp³-hybridized carbons (Fsp3) is 0.0870. The number of carbonyl (C=O) groups is 2. The van der Waals surface area contributed by atoms with Crippen LogP contribution in [0.15, 0.2) is 83.1 Å². The Labute approximate surface area is 181 Å². The van der Waals surface area contributed by atoms with Crippen LogP contribution in [0, 0.1) is 0 Å². The first kappa shape index (κ1) is 19.8. The molecule has 0 radical (unpaired) electrons. The number of Topliss-reactive ketones (excluding diaryl/α,β-unsaturated/α-hetero) is 1. The average Bonchev–Trinajstić information content (AvgIpc) is 3.04. The van der Waals surface area contributed by atoms with Gasteiger partial charge >= 0.3 is 0 Å². The van der Waals surface area contributed by atoms with E-state index in [2.05, 4.69) is 20.9 Å². The number of pyridine rings is 1. The van der Waals surface area contributed by atoms with Crippen LogP contribution in [0.25, 0.3) is 5.76 Å². The molecule has 4 rings (SSSR count). The SMILES string of the molecule is COc1ccccc1/C(O)=C1\C(=O)C(=O)N(c2cccc(Br)c2)C1c1cccnc1. The summed E-state index contributed by atoms with van der Waals surface area (Å²) in [5.41, 5.74) is 1.45. The van der Waals surface area contributed by atoms with E-state index in [9.17, 15) is 14.7 Å². The van der Waals surface area contributed by atoms with Crippen molar-refractivity contribution in [2.75, 3.05) is 12.0 Å². The Hall–Kier alpha value is -3.45. The van der Waals surface area contributed by atoms with Crippen LogP contribution in [-0.2, 0) is 9.59 Å². The zero-order valence-corrected chi connectivity index (χ0v) is 17.5. The normalized spacial score (nSPS) is 17.9. The molecule has 1 aliphatic rings. The van der Waals surface area contributed by atoms with Crippen LogP contribution in [0.2, 0.25) is 0 Å². The average molecular weight is 465 g/mol. The molecule has 7 heteroatoms. The fourth-order valence-electron chi connectivity index (χ4n) is 3.56. The zero-order chi connectivity index (χ0) is 21.3. The number of hydrogen-bond acceptors (Lipinski definition) is 5. The van der Waals surface area contributed by atoms with Crippen molar-refractivity contribution in [2.24, 2.45) is 0 Å². The third kappa shape index (κ3) is 3.37. The quantitative estimate of drug-likeness (QED) is 0.349. The fourth-order valence-corrected chi connectivity index (χ4v) is 3.95. The molecule has 0 spiro atoms. The number of ketones is 1. The molecule has 2 aromatic carbocycles. The number of nitrogens with zero attached hydrogens (tertiary/aromatic N) is 2. The predicted molar refractivity (Wildman–Crippen MR) is 116 cm³/mol. The van der Waals surface area contributed by atoms with E-state index in [0.717, 1.165) is 4.47 Å². The summed E-state index contributed by atoms with van der Waals surface area (Å²) >= 11 is 3.41. The van der Waals surface area contributed by atoms with Gasteiger partial charge in [-0.05, 0) is 42.0 Å². The highest BCUT2D eigenvalue weighted by molar-refractivity contribution is 9.10. The van der Waals surface area contributed by atoms with E-state index in [1.807, 2.05) is 6.07 Å². The minimum atomic E-state index is -0.835. The zero-order valence-electron chi connectivity index (χ0n) is 15.9. The maximum atomic E-state index is 13.1. The molecular formula is C23H17BrN2O4. The molecule has 1 N–H and O–H groups in total. The van der Waals surface area contributed by atoms with Crippen LogP contribution in [0.1, 0.15) is 17.2 Å². The summed E-state index contributed by atoms with van der Waals surface area (Å²) in [5.74, 6) is -1.39. The molecule has 2 heterocycles. The lowest BCUT2D eigenvalue weighted by Crippen LogP contribution is -2.29. The van der Waals surface area contributed by atoms with Gasteiger partial charge in [0.05, 0.1) is 24.3 Å². The number of para-hydroxylation sites is 1. The standard InChI is InChI=1S/C23H17BrN2O4/c1-30-18-10-3-2-9-17(18)21(27)19-20(14-6-5-11-25-13-14)26(23(29)22(19)28)16-8-4-7-15(24)12-16/h2-13,20,27H,1H3/b21-19+. The van der Waals surface area contributed by atoms with Crippen molar-refractivity contribution in [3.63, 3.8) is 0 Å². The minimum Gasteiger partial charge on any atom is -0.507 e. The van der Waals surface area contributed by atoms with Gasteiger partial charge in [0.15, 0.2) is 0 Å². The Morgan fingerprint density at radius 1 is 1.10 bits per heavy atom. The number of rotatable bonds is 4.